The van der Waals surface area contributed by atoms with Gasteiger partial charge in [0.1, 0.15) is 0 Å². The fourth-order valence-corrected chi connectivity index (χ4v) is 9.66. The molecule has 4 atom stereocenters. The molecular weight excluding hydrogens is 828 g/mol. The van der Waals surface area contributed by atoms with Gasteiger partial charge in [0, 0.05) is 94.7 Å². The second-order valence-corrected chi connectivity index (χ2v) is 16.8. The molecule has 63 heavy (non-hydrogen) atoms. The number of hydrogen-bond donors (Lipinski definition) is 11. The van der Waals surface area contributed by atoms with Gasteiger partial charge in [0.2, 0.25) is 0 Å². The molecule has 0 aliphatic carbocycles. The van der Waals surface area contributed by atoms with Crippen LogP contribution in [0.15, 0.2) is 28.2 Å². The van der Waals surface area contributed by atoms with Gasteiger partial charge in [-0.3, -0.25) is 43.3 Å². The van der Waals surface area contributed by atoms with E-state index < -0.39 is 122 Å². The lowest BCUT2D eigenvalue weighted by Crippen LogP contribution is -2.33. The van der Waals surface area contributed by atoms with Crippen LogP contribution in [0.4, 0.5) is 0 Å². The minimum atomic E-state index is -1.48. The van der Waals surface area contributed by atoms with Crippen molar-refractivity contribution in [3.05, 3.63) is 68.2 Å². The van der Waals surface area contributed by atoms with E-state index in [1.54, 1.807) is 20.8 Å². The van der Waals surface area contributed by atoms with Crippen molar-refractivity contribution in [3.8, 4) is 0 Å². The molecule has 3 aliphatic heterocycles. The molecule has 11 N–H and O–H groups in total. The molecule has 5 rings (SSSR count). The van der Waals surface area contributed by atoms with Crippen molar-refractivity contribution in [2.45, 2.75) is 104 Å². The fourth-order valence-electron chi connectivity index (χ4n) is 9.66. The Hall–Kier alpha value is -6.99. The van der Waals surface area contributed by atoms with Gasteiger partial charge in [-0.2, -0.15) is 0 Å². The molecule has 0 saturated carbocycles. The Morgan fingerprint density at radius 3 is 1.62 bits per heavy atom. The van der Waals surface area contributed by atoms with Crippen LogP contribution < -0.4 is 5.32 Å². The second kappa shape index (κ2) is 18.5. The van der Waals surface area contributed by atoms with Gasteiger partial charge in [0.15, 0.2) is 0 Å². The molecule has 20 nitrogen and oxygen atoms in total. The standard InChI is InChI=1S/C43H50N4O16/c1-19-40-23(13-37(58)59)21(5-9-33(50)51)27(46-40)14-26-20(4-8-32(48)49)22(12-36(56)57)28(44-26)15-29-24(6-10-34(52)53)42(2,17-38(60)61)31(45-29)16-30-25(7-11-35(54)55)43(3,18-39(62)63)41(19)47-30/h15-16,24-25,44-46H,4-14,17-18H2,1-3H3,(H,48,49)(H,50,51)(H,52,53)(H,54,55)(H,56,57)(H,58,59)(H,60,61)(H,62,63)/b29-15-,31-16?,41-19-/t24-,25-,42+,43+/m1/s1. The van der Waals surface area contributed by atoms with Gasteiger partial charge >= 0.3 is 47.8 Å². The van der Waals surface area contributed by atoms with Gasteiger partial charge in [0.25, 0.3) is 0 Å². The molecule has 3 aliphatic rings. The lowest BCUT2D eigenvalue weighted by Gasteiger charge is -2.33. The van der Waals surface area contributed by atoms with Crippen LogP contribution in [0.2, 0.25) is 0 Å². The quantitative estimate of drug-likeness (QED) is 0.0888. The monoisotopic (exact) mass is 878 g/mol. The van der Waals surface area contributed by atoms with E-state index >= 15 is 0 Å². The summed E-state index contributed by atoms with van der Waals surface area (Å²) >= 11 is 0. The molecule has 20 heteroatoms. The maximum absolute atomic E-state index is 12.7. The largest absolute Gasteiger partial charge is 0.481 e. The fraction of sp³-hybridized carbons (Fsp3) is 0.465. The van der Waals surface area contributed by atoms with Crippen LogP contribution >= 0.6 is 0 Å². The predicted octanol–water partition coefficient (Wildman–Crippen LogP) is 4.17. The molecule has 0 unspecified atom stereocenters. The zero-order chi connectivity index (χ0) is 46.7. The van der Waals surface area contributed by atoms with Gasteiger partial charge in [-0.1, -0.05) is 13.8 Å². The van der Waals surface area contributed by atoms with Crippen molar-refractivity contribution in [2.24, 2.45) is 27.7 Å². The second-order valence-electron chi connectivity index (χ2n) is 16.8. The third-order valence-corrected chi connectivity index (χ3v) is 12.4. The molecule has 1 fully saturated rings. The van der Waals surface area contributed by atoms with Gasteiger partial charge < -0.3 is 56.1 Å². The molecule has 0 spiro atoms. The van der Waals surface area contributed by atoms with Crippen LogP contribution in [0, 0.1) is 22.7 Å². The summed E-state index contributed by atoms with van der Waals surface area (Å²) in [6.45, 7) is 4.74. The molecule has 0 radical (unpaired) electrons. The van der Waals surface area contributed by atoms with E-state index in [2.05, 4.69) is 15.3 Å². The summed E-state index contributed by atoms with van der Waals surface area (Å²) in [6.07, 6.45) is -2.00. The Balaban J connectivity index is 2.00. The van der Waals surface area contributed by atoms with Crippen molar-refractivity contribution in [2.75, 3.05) is 0 Å². The number of rotatable bonds is 20. The van der Waals surface area contributed by atoms with Crippen molar-refractivity contribution in [1.29, 1.82) is 0 Å². The summed E-state index contributed by atoms with van der Waals surface area (Å²) in [5, 5.41) is 83.5. The van der Waals surface area contributed by atoms with E-state index in [0.29, 0.717) is 0 Å². The number of aromatic amines is 2. The summed E-state index contributed by atoms with van der Waals surface area (Å²) in [6, 6.07) is 0. The summed E-state index contributed by atoms with van der Waals surface area (Å²) in [7, 11) is 0. The molecule has 5 heterocycles. The van der Waals surface area contributed by atoms with E-state index in [4.69, 9.17) is 4.99 Å². The summed E-state index contributed by atoms with van der Waals surface area (Å²) in [5.41, 5.74) is -0.129. The van der Waals surface area contributed by atoms with Crippen LogP contribution in [0.25, 0.3) is 11.6 Å². The minimum absolute atomic E-state index is 0.122. The molecule has 2 aromatic heterocycles. The Bertz CT molecular complexity index is 2410. The lowest BCUT2D eigenvalue weighted by molar-refractivity contribution is -0.141. The number of allylic oxidation sites excluding steroid dienone is 5. The van der Waals surface area contributed by atoms with Crippen LogP contribution in [0.5, 0.6) is 0 Å². The highest BCUT2D eigenvalue weighted by molar-refractivity contribution is 6.03. The van der Waals surface area contributed by atoms with E-state index in [1.807, 2.05) is 0 Å². The molecule has 0 amide bonds. The number of carboxylic acids is 8. The number of nitrogens with one attached hydrogen (secondary N) is 3. The van der Waals surface area contributed by atoms with Gasteiger partial charge in [-0.05, 0) is 72.6 Å². The van der Waals surface area contributed by atoms with E-state index in [1.165, 1.54) is 12.2 Å². The number of hydrogen-bond acceptors (Lipinski definition) is 10. The summed E-state index contributed by atoms with van der Waals surface area (Å²) < 4.78 is 0. The number of carboxylic acid groups (broad SMARTS) is 8. The van der Waals surface area contributed by atoms with Crippen molar-refractivity contribution in [3.63, 3.8) is 0 Å². The summed E-state index contributed by atoms with van der Waals surface area (Å²) in [4.78, 5) is 110. The van der Waals surface area contributed by atoms with Crippen LogP contribution in [0.3, 0.4) is 0 Å². The van der Waals surface area contributed by atoms with Gasteiger partial charge in [-0.25, -0.2) is 0 Å². The Kier molecular flexibility index (Phi) is 13.9. The molecule has 338 valence electrons. The molecular formula is C43H50N4O16. The van der Waals surface area contributed by atoms with Gasteiger partial charge in [0.05, 0.1) is 31.4 Å². The first kappa shape index (κ1) is 47.1. The van der Waals surface area contributed by atoms with Crippen molar-refractivity contribution in [1.82, 2.24) is 15.3 Å². The van der Waals surface area contributed by atoms with Crippen LogP contribution in [-0.2, 0) is 70.5 Å². The first-order chi connectivity index (χ1) is 29.4. The molecule has 1 saturated heterocycles. The number of carbonyl (C=O) groups is 8. The minimum Gasteiger partial charge on any atom is -0.481 e. The van der Waals surface area contributed by atoms with E-state index in [9.17, 15) is 79.2 Å². The summed E-state index contributed by atoms with van der Waals surface area (Å²) in [5.74, 6) is -11.8. The first-order valence-corrected chi connectivity index (χ1v) is 20.2. The average Bonchev–Trinajstić information content (AvgIpc) is 3.80. The maximum atomic E-state index is 12.7. The number of H-pyrrole nitrogens is 2. The zero-order valence-electron chi connectivity index (χ0n) is 34.8. The molecule has 2 aromatic rings. The Morgan fingerprint density at radius 1 is 0.603 bits per heavy atom. The number of aliphatic imine (C=N–C) groups is 1. The highest BCUT2D eigenvalue weighted by atomic mass is 16.4. The van der Waals surface area contributed by atoms with Crippen molar-refractivity contribution >= 4 is 65.1 Å². The Morgan fingerprint density at radius 2 is 1.10 bits per heavy atom. The molecule has 0 aromatic carbocycles. The van der Waals surface area contributed by atoms with Gasteiger partial charge in [-0.15, -0.1) is 0 Å². The lowest BCUT2D eigenvalue weighted by atomic mass is 9.68. The average molecular weight is 879 g/mol. The number of aromatic nitrogens is 2. The maximum Gasteiger partial charge on any atom is 0.307 e. The normalized spacial score (nSPS) is 23.5. The van der Waals surface area contributed by atoms with Crippen molar-refractivity contribution < 1.29 is 79.2 Å². The van der Waals surface area contributed by atoms with Crippen LogP contribution in [-0.4, -0.2) is 104 Å². The Labute approximate surface area is 359 Å². The SMILES string of the molecule is C/C1=C2/N=C(C=C3N/C(=C\c4[nH]c(c(CCC(=O)O)c4CC(=O)O)Cc4[nH]c1c(CC(=O)O)c4CCC(=O)O)[C@@H](CCC(=O)O)[C@]3(C)CC(=O)O)[C@@H](CCC(=O)O)[C@]2(C)CC(=O)O. The van der Waals surface area contributed by atoms with E-state index in [0.717, 1.165) is 0 Å². The highest BCUT2D eigenvalue weighted by Crippen LogP contribution is 2.54. The predicted molar refractivity (Wildman–Crippen MR) is 220 cm³/mol. The number of fused-ring (bicyclic) bond motifs is 7. The van der Waals surface area contributed by atoms with E-state index in [-0.39, 0.29) is 106 Å². The highest BCUT2D eigenvalue weighted by Gasteiger charge is 2.51. The molecule has 8 bridgehead atoms. The zero-order valence-corrected chi connectivity index (χ0v) is 34.8. The number of nitrogens with zero attached hydrogens (tertiary/aromatic N) is 1. The smallest absolute Gasteiger partial charge is 0.307 e. The third kappa shape index (κ3) is 10.2. The topological polar surface area (TPSA) is 354 Å². The number of aliphatic carboxylic acids is 8. The third-order valence-electron chi connectivity index (χ3n) is 12.4. The first-order valence-electron chi connectivity index (χ1n) is 20.2. The van der Waals surface area contributed by atoms with Crippen LogP contribution in [0.1, 0.15) is 117 Å².